The maximum absolute atomic E-state index is 10.7. The maximum atomic E-state index is 10.7. The van der Waals surface area contributed by atoms with Gasteiger partial charge < -0.3 is 0 Å². The molecule has 0 aliphatic rings. The molecule has 2 aromatic carbocycles. The predicted molar refractivity (Wildman–Crippen MR) is 68.3 cm³/mol. The van der Waals surface area contributed by atoms with Crippen LogP contribution in [-0.4, -0.2) is 12.0 Å². The van der Waals surface area contributed by atoms with Crippen LogP contribution in [0.5, 0.6) is 0 Å². The van der Waals surface area contributed by atoms with Crippen LogP contribution in [0.15, 0.2) is 60.7 Å². The lowest BCUT2D eigenvalue weighted by molar-refractivity contribution is 0.387. The largest absolute Gasteiger partial charge is 0.336 e. The second-order valence-corrected chi connectivity index (χ2v) is 5.98. The highest BCUT2D eigenvalue weighted by Crippen LogP contribution is 2.52. The zero-order valence-electron chi connectivity index (χ0n) is 9.08. The number of benzene rings is 2. The highest BCUT2D eigenvalue weighted by atomic mass is 31.2. The Morgan fingerprint density at radius 2 is 1.19 bits per heavy atom. The lowest BCUT2D eigenvalue weighted by Crippen LogP contribution is -2.22. The summed E-state index contributed by atoms with van der Waals surface area (Å²) in [6.45, 7) is 0. The summed E-state index contributed by atoms with van der Waals surface area (Å²) >= 11 is 0. The molecule has 0 heterocycles. The Morgan fingerprint density at radius 3 is 1.50 bits per heavy atom. The summed E-state index contributed by atoms with van der Waals surface area (Å²) in [5.74, 6) is 0. The van der Waals surface area contributed by atoms with Crippen LogP contribution in [0.25, 0.3) is 0 Å². The van der Waals surface area contributed by atoms with Crippen molar-refractivity contribution in [1.29, 1.82) is 0 Å². The molecule has 0 spiro atoms. The van der Waals surface area contributed by atoms with Gasteiger partial charge in [0.2, 0.25) is 0 Å². The van der Waals surface area contributed by atoms with Gasteiger partial charge in [-0.1, -0.05) is 36.4 Å². The van der Waals surface area contributed by atoms with E-state index in [-0.39, 0.29) is 0 Å². The Kier molecular flexibility index (Phi) is 3.35. The standard InChI is InChI=1S/C13H14O2P/c1-15-16(14,12-8-4-2-5-9-12)13-10-6-3-7-11-13/h2-11,14H,1H3/q+1. The normalized spacial score (nSPS) is 11.4. The molecule has 0 aromatic heterocycles. The molecule has 16 heavy (non-hydrogen) atoms. The van der Waals surface area contributed by atoms with E-state index < -0.39 is 7.72 Å². The number of hydrogen-bond donors (Lipinski definition) is 1. The lowest BCUT2D eigenvalue weighted by Gasteiger charge is -2.15. The fraction of sp³-hybridized carbons (Fsp3) is 0.0769. The summed E-state index contributed by atoms with van der Waals surface area (Å²) in [6.07, 6.45) is 0. The Balaban J connectivity index is 2.49. The Morgan fingerprint density at radius 1 is 0.812 bits per heavy atom. The summed E-state index contributed by atoms with van der Waals surface area (Å²) in [5.41, 5.74) is 0. The molecule has 0 saturated carbocycles. The molecule has 0 atom stereocenters. The van der Waals surface area contributed by atoms with Crippen LogP contribution in [0.4, 0.5) is 0 Å². The van der Waals surface area contributed by atoms with Crippen molar-refractivity contribution >= 4 is 18.3 Å². The van der Waals surface area contributed by atoms with E-state index in [0.717, 1.165) is 10.6 Å². The van der Waals surface area contributed by atoms with Gasteiger partial charge in [-0.3, -0.25) is 0 Å². The smallest absolute Gasteiger partial charge is 0.209 e. The minimum atomic E-state index is -2.65. The van der Waals surface area contributed by atoms with Gasteiger partial charge in [0.25, 0.3) is 0 Å². The molecular weight excluding hydrogens is 219 g/mol. The molecule has 0 aliphatic carbocycles. The molecule has 0 bridgehead atoms. The molecule has 2 rings (SSSR count). The second kappa shape index (κ2) is 4.75. The van der Waals surface area contributed by atoms with Gasteiger partial charge in [-0.2, -0.15) is 4.52 Å². The minimum absolute atomic E-state index is 0.837. The quantitative estimate of drug-likeness (QED) is 0.823. The van der Waals surface area contributed by atoms with Crippen LogP contribution in [0.3, 0.4) is 0 Å². The first kappa shape index (κ1) is 11.3. The lowest BCUT2D eigenvalue weighted by atomic mass is 10.4. The van der Waals surface area contributed by atoms with E-state index in [1.807, 2.05) is 60.7 Å². The van der Waals surface area contributed by atoms with Gasteiger partial charge in [0, 0.05) is 0 Å². The van der Waals surface area contributed by atoms with Crippen LogP contribution < -0.4 is 10.6 Å². The molecule has 0 saturated heterocycles. The molecule has 0 radical (unpaired) electrons. The van der Waals surface area contributed by atoms with Crippen molar-refractivity contribution in [3.05, 3.63) is 60.7 Å². The number of hydrogen-bond acceptors (Lipinski definition) is 2. The van der Waals surface area contributed by atoms with E-state index in [1.54, 1.807) is 7.11 Å². The third kappa shape index (κ3) is 2.00. The van der Waals surface area contributed by atoms with E-state index in [9.17, 15) is 4.89 Å². The van der Waals surface area contributed by atoms with Crippen molar-refractivity contribution < 1.29 is 9.42 Å². The van der Waals surface area contributed by atoms with Crippen LogP contribution in [0.1, 0.15) is 0 Å². The molecule has 0 aliphatic heterocycles. The van der Waals surface area contributed by atoms with Crippen molar-refractivity contribution in [2.24, 2.45) is 0 Å². The molecular formula is C13H14O2P+. The number of rotatable bonds is 3. The summed E-state index contributed by atoms with van der Waals surface area (Å²) in [5, 5.41) is 1.67. The highest BCUT2D eigenvalue weighted by Gasteiger charge is 2.42. The summed E-state index contributed by atoms with van der Waals surface area (Å²) in [4.78, 5) is 10.7. The van der Waals surface area contributed by atoms with Gasteiger partial charge in [0.05, 0.1) is 7.11 Å². The first-order valence-corrected chi connectivity index (χ1v) is 6.72. The fourth-order valence-electron chi connectivity index (χ4n) is 1.62. The molecule has 2 aromatic rings. The Hall–Kier alpha value is -1.21. The molecule has 0 unspecified atom stereocenters. The van der Waals surface area contributed by atoms with Crippen molar-refractivity contribution in [1.82, 2.24) is 0 Å². The predicted octanol–water partition coefficient (Wildman–Crippen LogP) is 2.12. The third-order valence-corrected chi connectivity index (χ3v) is 5.00. The monoisotopic (exact) mass is 233 g/mol. The van der Waals surface area contributed by atoms with Gasteiger partial charge in [0.1, 0.15) is 0 Å². The van der Waals surface area contributed by atoms with Crippen molar-refractivity contribution in [3.8, 4) is 0 Å². The second-order valence-electron chi connectivity index (χ2n) is 3.43. The molecule has 3 heteroatoms. The van der Waals surface area contributed by atoms with Crippen molar-refractivity contribution in [2.75, 3.05) is 7.11 Å². The van der Waals surface area contributed by atoms with Crippen molar-refractivity contribution in [2.45, 2.75) is 0 Å². The van der Waals surface area contributed by atoms with E-state index in [4.69, 9.17) is 4.52 Å². The van der Waals surface area contributed by atoms with E-state index in [2.05, 4.69) is 0 Å². The van der Waals surface area contributed by atoms with Gasteiger partial charge in [-0.15, -0.1) is 0 Å². The average Bonchev–Trinajstić information content (AvgIpc) is 2.40. The van der Waals surface area contributed by atoms with Crippen LogP contribution >= 0.6 is 7.72 Å². The topological polar surface area (TPSA) is 29.5 Å². The zero-order valence-corrected chi connectivity index (χ0v) is 9.97. The van der Waals surface area contributed by atoms with Gasteiger partial charge in [-0.25, -0.2) is 4.89 Å². The molecule has 0 amide bonds. The Labute approximate surface area is 96.0 Å². The van der Waals surface area contributed by atoms with E-state index >= 15 is 0 Å². The summed E-state index contributed by atoms with van der Waals surface area (Å²) in [6, 6.07) is 19.0. The SMILES string of the molecule is CO[P+](O)(c1ccccc1)c1ccccc1. The first-order chi connectivity index (χ1) is 7.77. The molecule has 1 N–H and O–H groups in total. The minimum Gasteiger partial charge on any atom is -0.209 e. The molecule has 2 nitrogen and oxygen atoms in total. The first-order valence-electron chi connectivity index (χ1n) is 5.06. The highest BCUT2D eigenvalue weighted by molar-refractivity contribution is 7.80. The van der Waals surface area contributed by atoms with Gasteiger partial charge in [-0.05, 0) is 24.3 Å². The fourth-order valence-corrected chi connectivity index (χ4v) is 3.49. The van der Waals surface area contributed by atoms with E-state index in [1.165, 1.54) is 0 Å². The average molecular weight is 233 g/mol. The van der Waals surface area contributed by atoms with Crippen LogP contribution in [-0.2, 0) is 4.52 Å². The molecule has 0 fully saturated rings. The van der Waals surface area contributed by atoms with Crippen molar-refractivity contribution in [3.63, 3.8) is 0 Å². The summed E-state index contributed by atoms with van der Waals surface area (Å²) in [7, 11) is -1.11. The Bertz CT molecular complexity index is 403. The van der Waals surface area contributed by atoms with Crippen LogP contribution in [0, 0.1) is 0 Å². The zero-order chi connectivity index (χ0) is 11.4. The van der Waals surface area contributed by atoms with Crippen LogP contribution in [0.2, 0.25) is 0 Å². The third-order valence-electron chi connectivity index (χ3n) is 2.48. The van der Waals surface area contributed by atoms with Gasteiger partial charge >= 0.3 is 7.72 Å². The van der Waals surface area contributed by atoms with Gasteiger partial charge in [0.15, 0.2) is 10.6 Å². The summed E-state index contributed by atoms with van der Waals surface area (Å²) < 4.78 is 5.38. The van der Waals surface area contributed by atoms with E-state index in [0.29, 0.717) is 0 Å². The maximum Gasteiger partial charge on any atom is 0.336 e. The molecule has 82 valence electrons.